The van der Waals surface area contributed by atoms with Crippen LogP contribution in [0.4, 0.5) is 0 Å². The summed E-state index contributed by atoms with van der Waals surface area (Å²) < 4.78 is 5.84. The Morgan fingerprint density at radius 3 is 2.50 bits per heavy atom. The summed E-state index contributed by atoms with van der Waals surface area (Å²) in [5, 5.41) is 3.24. The topological polar surface area (TPSA) is 48.1 Å². The maximum atomic E-state index is 12.8. The molecule has 1 amide bonds. The van der Waals surface area contributed by atoms with Gasteiger partial charge in [0.1, 0.15) is 6.04 Å². The lowest BCUT2D eigenvalue weighted by atomic mass is 9.99. The van der Waals surface area contributed by atoms with E-state index in [9.17, 15) is 4.79 Å². The van der Waals surface area contributed by atoms with Gasteiger partial charge in [-0.3, -0.25) is 19.5 Å². The van der Waals surface area contributed by atoms with Crippen LogP contribution in [0.1, 0.15) is 34.1 Å². The first-order chi connectivity index (χ1) is 11.3. The molecule has 4 aliphatic heterocycles. The van der Waals surface area contributed by atoms with Gasteiger partial charge in [0, 0.05) is 51.4 Å². The van der Waals surface area contributed by atoms with Crippen LogP contribution in [0.3, 0.4) is 0 Å². The molecule has 5 unspecified atom stereocenters. The first-order valence-electron chi connectivity index (χ1n) is 9.50. The minimum atomic E-state index is -0.0542. The summed E-state index contributed by atoms with van der Waals surface area (Å²) in [4.78, 5) is 20.0. The van der Waals surface area contributed by atoms with Gasteiger partial charge in [0.2, 0.25) is 5.91 Å². The first kappa shape index (κ1) is 18.1. The second-order valence-electron chi connectivity index (χ2n) is 8.40. The van der Waals surface area contributed by atoms with Crippen LogP contribution in [0, 0.1) is 0 Å². The highest BCUT2D eigenvalue weighted by atomic mass is 16.5. The van der Waals surface area contributed by atoms with Crippen LogP contribution in [-0.2, 0) is 9.53 Å². The van der Waals surface area contributed by atoms with Gasteiger partial charge in [-0.2, -0.15) is 0 Å². The molecule has 5 atom stereocenters. The monoisotopic (exact) mass is 338 g/mol. The van der Waals surface area contributed by atoms with Crippen molar-refractivity contribution in [1.82, 2.24) is 20.0 Å². The zero-order valence-electron chi connectivity index (χ0n) is 15.8. The van der Waals surface area contributed by atoms with Gasteiger partial charge in [0.25, 0.3) is 0 Å². The van der Waals surface area contributed by atoms with Crippen LogP contribution < -0.4 is 5.32 Å². The maximum absolute atomic E-state index is 12.8. The molecule has 1 N–H and O–H groups in total. The Morgan fingerprint density at radius 1 is 1.08 bits per heavy atom. The molecule has 2 bridgehead atoms. The smallest absolute Gasteiger partial charge is 0.238 e. The Bertz CT molecular complexity index is 442. The summed E-state index contributed by atoms with van der Waals surface area (Å²) in [6.07, 6.45) is 1.68. The minimum Gasteiger partial charge on any atom is -0.373 e. The van der Waals surface area contributed by atoms with E-state index >= 15 is 0 Å². The average molecular weight is 338 g/mol. The van der Waals surface area contributed by atoms with E-state index in [0.717, 1.165) is 45.8 Å². The van der Waals surface area contributed by atoms with E-state index < -0.39 is 0 Å². The van der Waals surface area contributed by atoms with Crippen LogP contribution in [0.5, 0.6) is 0 Å². The third kappa shape index (κ3) is 4.10. The molecule has 4 rings (SSSR count). The number of nitrogens with one attached hydrogen (secondary N) is 1. The molecule has 4 heterocycles. The summed E-state index contributed by atoms with van der Waals surface area (Å²) in [6.45, 7) is 16.5. The average Bonchev–Trinajstić information content (AvgIpc) is 2.87. The van der Waals surface area contributed by atoms with Crippen LogP contribution in [-0.4, -0.2) is 96.8 Å². The molecule has 24 heavy (non-hydrogen) atoms. The lowest BCUT2D eigenvalue weighted by molar-refractivity contribution is -0.129. The number of hydrogen-bond acceptors (Lipinski definition) is 5. The highest BCUT2D eigenvalue weighted by Gasteiger charge is 2.37. The van der Waals surface area contributed by atoms with Crippen LogP contribution in [0.25, 0.3) is 0 Å². The van der Waals surface area contributed by atoms with Crippen molar-refractivity contribution in [2.45, 2.75) is 57.9 Å². The second-order valence-corrected chi connectivity index (χ2v) is 8.40. The third-order valence-corrected chi connectivity index (χ3v) is 5.77. The molecule has 0 aliphatic carbocycles. The van der Waals surface area contributed by atoms with Crippen molar-refractivity contribution in [1.29, 1.82) is 0 Å². The lowest BCUT2D eigenvalue weighted by Crippen LogP contribution is -2.61. The Hall–Kier alpha value is -0.690. The molecule has 0 spiro atoms. The Balaban J connectivity index is 1.55. The van der Waals surface area contributed by atoms with Crippen LogP contribution >= 0.6 is 0 Å². The number of ether oxygens (including phenoxy) is 1. The van der Waals surface area contributed by atoms with Gasteiger partial charge < -0.3 is 10.1 Å². The summed E-state index contributed by atoms with van der Waals surface area (Å²) in [6, 6.07) is 0.0274. The fourth-order valence-corrected chi connectivity index (χ4v) is 4.30. The number of carbonyl (C=O) groups excluding carboxylic acids is 1. The molecule has 4 aliphatic rings. The van der Waals surface area contributed by atoms with Gasteiger partial charge in [0.15, 0.2) is 0 Å². The number of hydrogen-bond donors (Lipinski definition) is 1. The molecule has 4 saturated heterocycles. The molecule has 138 valence electrons. The fraction of sp³-hybridized carbons (Fsp3) is 0.944. The van der Waals surface area contributed by atoms with E-state index in [-0.39, 0.29) is 29.7 Å². The Morgan fingerprint density at radius 2 is 1.79 bits per heavy atom. The van der Waals surface area contributed by atoms with Crippen molar-refractivity contribution in [3.05, 3.63) is 0 Å². The van der Waals surface area contributed by atoms with Crippen molar-refractivity contribution in [3.63, 3.8) is 0 Å². The molecule has 6 nitrogen and oxygen atoms in total. The van der Waals surface area contributed by atoms with Gasteiger partial charge in [-0.1, -0.05) is 0 Å². The molecule has 0 saturated carbocycles. The molecule has 0 aromatic rings. The largest absolute Gasteiger partial charge is 0.373 e. The summed E-state index contributed by atoms with van der Waals surface area (Å²) in [5.74, 6) is 0.198. The molecule has 0 aromatic heterocycles. The number of fused-ring (bicyclic) bond motifs is 4. The van der Waals surface area contributed by atoms with Gasteiger partial charge in [-0.05, 0) is 40.7 Å². The zero-order valence-corrected chi connectivity index (χ0v) is 15.8. The zero-order chi connectivity index (χ0) is 17.3. The number of rotatable bonds is 4. The SMILES string of the molecule is CC1CN(C(C)(C)CNC(=O)C2CN3CCCN2CC3)CC(C)O1. The van der Waals surface area contributed by atoms with Crippen molar-refractivity contribution < 1.29 is 9.53 Å². The van der Waals surface area contributed by atoms with Gasteiger partial charge in [-0.25, -0.2) is 0 Å². The number of nitrogens with zero attached hydrogens (tertiary/aromatic N) is 3. The maximum Gasteiger partial charge on any atom is 0.238 e. The standard InChI is InChI=1S/C18H34N4O2/c1-14-10-22(11-15(2)24-14)18(3,4)13-19-17(23)16-12-20-6-5-7-21(16)9-8-20/h14-16H,5-13H2,1-4H3,(H,19,23). The lowest BCUT2D eigenvalue weighted by Gasteiger charge is -2.45. The number of morpholine rings is 1. The van der Waals surface area contributed by atoms with E-state index in [0.29, 0.717) is 6.54 Å². The van der Waals surface area contributed by atoms with Crippen molar-refractivity contribution in [2.75, 3.05) is 52.4 Å². The van der Waals surface area contributed by atoms with Crippen LogP contribution in [0.2, 0.25) is 0 Å². The Kier molecular flexibility index (Phi) is 5.49. The first-order valence-corrected chi connectivity index (χ1v) is 9.50. The molecule has 6 heteroatoms. The van der Waals surface area contributed by atoms with Gasteiger partial charge in [-0.15, -0.1) is 0 Å². The summed E-state index contributed by atoms with van der Waals surface area (Å²) in [7, 11) is 0. The quantitative estimate of drug-likeness (QED) is 0.803. The van der Waals surface area contributed by atoms with E-state index in [4.69, 9.17) is 4.74 Å². The second kappa shape index (κ2) is 7.28. The molecule has 4 fully saturated rings. The normalized spacial score (nSPS) is 37.9. The van der Waals surface area contributed by atoms with Crippen molar-refractivity contribution >= 4 is 5.91 Å². The Labute approximate surface area is 146 Å². The van der Waals surface area contributed by atoms with E-state index in [1.807, 2.05) is 0 Å². The minimum absolute atomic E-state index is 0.0274. The molecular weight excluding hydrogens is 304 g/mol. The molecule has 0 radical (unpaired) electrons. The number of piperazine rings is 1. The van der Waals surface area contributed by atoms with Crippen molar-refractivity contribution in [2.24, 2.45) is 0 Å². The number of amides is 1. The summed E-state index contributed by atoms with van der Waals surface area (Å²) in [5.41, 5.74) is -0.0542. The molecule has 0 aromatic carbocycles. The van der Waals surface area contributed by atoms with Crippen molar-refractivity contribution in [3.8, 4) is 0 Å². The summed E-state index contributed by atoms with van der Waals surface area (Å²) >= 11 is 0. The van der Waals surface area contributed by atoms with Gasteiger partial charge >= 0.3 is 0 Å². The fourth-order valence-electron chi connectivity index (χ4n) is 4.30. The highest BCUT2D eigenvalue weighted by molar-refractivity contribution is 5.82. The van der Waals surface area contributed by atoms with E-state index in [2.05, 4.69) is 47.7 Å². The third-order valence-electron chi connectivity index (χ3n) is 5.77. The highest BCUT2D eigenvalue weighted by Crippen LogP contribution is 2.21. The number of carbonyl (C=O) groups is 1. The van der Waals surface area contributed by atoms with E-state index in [1.54, 1.807) is 0 Å². The predicted molar refractivity (Wildman–Crippen MR) is 95.1 cm³/mol. The van der Waals surface area contributed by atoms with Crippen LogP contribution in [0.15, 0.2) is 0 Å². The van der Waals surface area contributed by atoms with E-state index in [1.165, 1.54) is 6.42 Å². The predicted octanol–water partition coefficient (Wildman–Crippen LogP) is 0.380. The van der Waals surface area contributed by atoms with Gasteiger partial charge in [0.05, 0.1) is 12.2 Å². The molecular formula is C18H34N4O2.